The van der Waals surface area contributed by atoms with Crippen LogP contribution in [0.4, 0.5) is 0 Å². The number of hydrogen-bond donors (Lipinski definition) is 0. The molecule has 0 aliphatic heterocycles. The second-order valence-electron chi connectivity index (χ2n) is 16.7. The van der Waals surface area contributed by atoms with Gasteiger partial charge in [0.05, 0.1) is 0 Å². The molecule has 0 radical (unpaired) electrons. The third kappa shape index (κ3) is 47.7. The van der Waals surface area contributed by atoms with Gasteiger partial charge in [-0.1, -0.05) is 209 Å². The van der Waals surface area contributed by atoms with Crippen molar-refractivity contribution >= 4 is 17.9 Å². The lowest BCUT2D eigenvalue weighted by molar-refractivity contribution is -0.167. The Labute approximate surface area is 376 Å². The van der Waals surface area contributed by atoms with Gasteiger partial charge in [0.25, 0.3) is 0 Å². The van der Waals surface area contributed by atoms with E-state index in [0.717, 1.165) is 109 Å². The number of rotatable bonds is 45. The van der Waals surface area contributed by atoms with E-state index in [9.17, 15) is 14.4 Å². The van der Waals surface area contributed by atoms with Crippen molar-refractivity contribution < 1.29 is 28.6 Å². The van der Waals surface area contributed by atoms with Crippen molar-refractivity contribution in [2.75, 3.05) is 13.2 Å². The minimum Gasteiger partial charge on any atom is -0.462 e. The lowest BCUT2D eigenvalue weighted by Crippen LogP contribution is -2.30. The quantitative estimate of drug-likeness (QED) is 0.0263. The molecule has 1 atom stereocenters. The van der Waals surface area contributed by atoms with Crippen molar-refractivity contribution in [3.63, 3.8) is 0 Å². The Morgan fingerprint density at radius 3 is 1.02 bits per heavy atom. The fourth-order valence-corrected chi connectivity index (χ4v) is 6.94. The predicted octanol–water partition coefficient (Wildman–Crippen LogP) is 16.6. The first kappa shape index (κ1) is 57.9. The zero-order valence-electron chi connectivity index (χ0n) is 39.9. The van der Waals surface area contributed by atoms with Gasteiger partial charge < -0.3 is 14.2 Å². The molecule has 0 saturated heterocycles. The van der Waals surface area contributed by atoms with E-state index in [1.807, 2.05) is 0 Å². The van der Waals surface area contributed by atoms with Crippen LogP contribution >= 0.6 is 0 Å². The lowest BCUT2D eigenvalue weighted by atomic mass is 10.0. The van der Waals surface area contributed by atoms with Gasteiger partial charge in [-0.2, -0.15) is 0 Å². The van der Waals surface area contributed by atoms with Gasteiger partial charge in [-0.25, -0.2) is 0 Å². The number of carbonyl (C=O) groups excluding carboxylic acids is 3. The lowest BCUT2D eigenvalue weighted by Gasteiger charge is -2.18. The van der Waals surface area contributed by atoms with E-state index in [2.05, 4.69) is 93.7 Å². The Balaban J connectivity index is 4.41. The predicted molar refractivity (Wildman–Crippen MR) is 261 cm³/mol. The first-order chi connectivity index (χ1) is 30.0. The summed E-state index contributed by atoms with van der Waals surface area (Å²) in [7, 11) is 0. The summed E-state index contributed by atoms with van der Waals surface area (Å²) in [5, 5.41) is 0. The van der Waals surface area contributed by atoms with Gasteiger partial charge in [-0.3, -0.25) is 14.4 Å². The van der Waals surface area contributed by atoms with Crippen LogP contribution in [0.25, 0.3) is 0 Å². The van der Waals surface area contributed by atoms with Gasteiger partial charge in [-0.05, 0) is 83.5 Å². The van der Waals surface area contributed by atoms with Crippen LogP contribution in [0.2, 0.25) is 0 Å². The molecule has 0 bridgehead atoms. The molecule has 6 heteroatoms. The van der Waals surface area contributed by atoms with E-state index in [-0.39, 0.29) is 31.1 Å². The highest BCUT2D eigenvalue weighted by Crippen LogP contribution is 2.15. The summed E-state index contributed by atoms with van der Waals surface area (Å²) in [6, 6.07) is 0. The number of carbonyl (C=O) groups is 3. The van der Waals surface area contributed by atoms with Crippen molar-refractivity contribution in [2.24, 2.45) is 0 Å². The van der Waals surface area contributed by atoms with E-state index in [4.69, 9.17) is 14.2 Å². The molecule has 350 valence electrons. The molecular weight excluding hydrogens is 757 g/mol. The average molecular weight is 851 g/mol. The maximum absolute atomic E-state index is 12.8. The third-order valence-corrected chi connectivity index (χ3v) is 10.7. The Hall–Kier alpha value is -3.15. The van der Waals surface area contributed by atoms with E-state index in [0.29, 0.717) is 19.3 Å². The van der Waals surface area contributed by atoms with Crippen LogP contribution in [0, 0.1) is 0 Å². The fourth-order valence-electron chi connectivity index (χ4n) is 6.94. The largest absolute Gasteiger partial charge is 0.462 e. The van der Waals surface area contributed by atoms with Crippen LogP contribution in [0.3, 0.4) is 0 Å². The van der Waals surface area contributed by atoms with Crippen LogP contribution < -0.4 is 0 Å². The smallest absolute Gasteiger partial charge is 0.306 e. The molecule has 0 aromatic heterocycles. The van der Waals surface area contributed by atoms with E-state index in [1.54, 1.807) is 0 Å². The molecule has 0 aromatic rings. The summed E-state index contributed by atoms with van der Waals surface area (Å²) in [4.78, 5) is 37.9. The van der Waals surface area contributed by atoms with Crippen LogP contribution in [-0.2, 0) is 28.6 Å². The molecule has 0 spiro atoms. The van der Waals surface area contributed by atoms with Crippen molar-refractivity contribution in [3.05, 3.63) is 72.9 Å². The second-order valence-corrected chi connectivity index (χ2v) is 16.7. The van der Waals surface area contributed by atoms with Crippen molar-refractivity contribution in [1.82, 2.24) is 0 Å². The van der Waals surface area contributed by atoms with Gasteiger partial charge in [0.15, 0.2) is 6.10 Å². The van der Waals surface area contributed by atoms with Crippen LogP contribution in [0.1, 0.15) is 239 Å². The zero-order valence-corrected chi connectivity index (χ0v) is 39.9. The van der Waals surface area contributed by atoms with Crippen molar-refractivity contribution in [3.8, 4) is 0 Å². The Morgan fingerprint density at radius 2 is 0.639 bits per heavy atom. The molecule has 1 unspecified atom stereocenters. The standard InChI is InChI=1S/C55H94O6/c1-4-7-10-13-16-19-22-25-26-27-28-31-33-36-39-42-45-48-54(57)60-51-52(61-55(58)49-46-43-40-37-34-30-24-21-18-15-12-9-6-3)50-59-53(56)47-44-41-38-35-32-29-23-20-17-14-11-8-5-2/h7,9-10,12,16,18-19,21,25-26,30,34,52H,4-6,8,11,13-15,17,20,22-24,27-29,31-33,35-51H2,1-3H3/b10-7-,12-9-,19-16-,21-18-,26-25-,34-30-. The maximum Gasteiger partial charge on any atom is 0.306 e. The zero-order chi connectivity index (χ0) is 44.4. The van der Waals surface area contributed by atoms with Gasteiger partial charge in [0.2, 0.25) is 0 Å². The topological polar surface area (TPSA) is 78.9 Å². The van der Waals surface area contributed by atoms with Gasteiger partial charge in [0.1, 0.15) is 13.2 Å². The Kier molecular flexibility index (Phi) is 46.9. The van der Waals surface area contributed by atoms with E-state index < -0.39 is 6.10 Å². The molecule has 0 saturated carbocycles. The minimum absolute atomic E-state index is 0.0891. The first-order valence-electron chi connectivity index (χ1n) is 25.4. The molecule has 6 nitrogen and oxygen atoms in total. The summed E-state index contributed by atoms with van der Waals surface area (Å²) >= 11 is 0. The van der Waals surface area contributed by atoms with E-state index >= 15 is 0 Å². The highest BCUT2D eigenvalue weighted by atomic mass is 16.6. The normalized spacial score (nSPS) is 12.6. The molecule has 0 aliphatic carbocycles. The Morgan fingerprint density at radius 1 is 0.344 bits per heavy atom. The van der Waals surface area contributed by atoms with Gasteiger partial charge >= 0.3 is 17.9 Å². The number of esters is 3. The monoisotopic (exact) mass is 851 g/mol. The number of allylic oxidation sites excluding steroid dienone is 12. The van der Waals surface area contributed by atoms with Crippen molar-refractivity contribution in [1.29, 1.82) is 0 Å². The first-order valence-corrected chi connectivity index (χ1v) is 25.4. The molecule has 0 aliphatic rings. The maximum atomic E-state index is 12.8. The molecule has 0 amide bonds. The second kappa shape index (κ2) is 49.5. The molecule has 0 rings (SSSR count). The Bertz CT molecular complexity index is 1160. The molecule has 0 fully saturated rings. The number of hydrogen-bond acceptors (Lipinski definition) is 6. The molecule has 0 aromatic carbocycles. The SMILES string of the molecule is CC/C=C\C/C=C\C/C=C\CCCCCCCCCC(=O)OCC(COC(=O)CCCCCCCCCCCCCCC)OC(=O)CCCCC/C=C\C/C=C\C/C=C\CC. The molecule has 61 heavy (non-hydrogen) atoms. The number of unbranched alkanes of at least 4 members (excludes halogenated alkanes) is 22. The summed E-state index contributed by atoms with van der Waals surface area (Å²) in [6.07, 6.45) is 61.7. The van der Waals surface area contributed by atoms with Crippen molar-refractivity contribution in [2.45, 2.75) is 245 Å². The third-order valence-electron chi connectivity index (χ3n) is 10.7. The van der Waals surface area contributed by atoms with Gasteiger partial charge in [0, 0.05) is 19.3 Å². The minimum atomic E-state index is -0.792. The summed E-state index contributed by atoms with van der Waals surface area (Å²) in [6.45, 7) is 6.38. The fraction of sp³-hybridized carbons (Fsp3) is 0.727. The summed E-state index contributed by atoms with van der Waals surface area (Å²) in [5.74, 6) is -0.927. The average Bonchev–Trinajstić information content (AvgIpc) is 3.26. The molecular formula is C55H94O6. The highest BCUT2D eigenvalue weighted by Gasteiger charge is 2.19. The summed E-state index contributed by atoms with van der Waals surface area (Å²) < 4.78 is 16.8. The van der Waals surface area contributed by atoms with Gasteiger partial charge in [-0.15, -0.1) is 0 Å². The number of ether oxygens (including phenoxy) is 3. The van der Waals surface area contributed by atoms with Crippen LogP contribution in [0.15, 0.2) is 72.9 Å². The van der Waals surface area contributed by atoms with Crippen LogP contribution in [0.5, 0.6) is 0 Å². The molecule has 0 heterocycles. The molecule has 0 N–H and O–H groups in total. The van der Waals surface area contributed by atoms with Crippen LogP contribution in [-0.4, -0.2) is 37.2 Å². The summed E-state index contributed by atoms with van der Waals surface area (Å²) in [5.41, 5.74) is 0. The van der Waals surface area contributed by atoms with E-state index in [1.165, 1.54) is 89.9 Å². The highest BCUT2D eigenvalue weighted by molar-refractivity contribution is 5.71.